The summed E-state index contributed by atoms with van der Waals surface area (Å²) in [6.45, 7) is 1.82. The fourth-order valence-electron chi connectivity index (χ4n) is 4.22. The summed E-state index contributed by atoms with van der Waals surface area (Å²) in [6, 6.07) is 4.21. The van der Waals surface area contributed by atoms with Gasteiger partial charge in [-0.2, -0.15) is 38.4 Å². The minimum absolute atomic E-state index is 0.0730. The Morgan fingerprint density at radius 3 is 2.16 bits per heavy atom. The van der Waals surface area contributed by atoms with Crippen molar-refractivity contribution < 1.29 is 38.4 Å². The zero-order chi connectivity index (χ0) is 23.1. The van der Waals surface area contributed by atoms with Gasteiger partial charge in [0, 0.05) is 20.1 Å². The molecule has 0 bridgehead atoms. The number of fused-ring (bicyclic) bond motifs is 1. The molecule has 0 N–H and O–H groups in total. The third-order valence-corrected chi connectivity index (χ3v) is 10.5. The van der Waals surface area contributed by atoms with Crippen molar-refractivity contribution in [2.45, 2.75) is 74.2 Å². The quantitative estimate of drug-likeness (QED) is 0.245. The largest absolute Gasteiger partial charge is 0.523 e. The van der Waals surface area contributed by atoms with Gasteiger partial charge in [-0.25, -0.2) is 0 Å². The standard InChI is InChI=1S/C20H24F6O3S2/c1-2-7-14-10-11-16-13-18(15-8-5-3-4-6-9-15)30(17(16)12-14,19(21,22)23)29-31(27,28)20(24,25)26/h10-13,15H,2-9H2,1H3. The van der Waals surface area contributed by atoms with Crippen LogP contribution in [0.2, 0.25) is 0 Å². The summed E-state index contributed by atoms with van der Waals surface area (Å²) in [6.07, 6.45) is 5.81. The van der Waals surface area contributed by atoms with Crippen LogP contribution in [0.4, 0.5) is 26.3 Å². The molecule has 176 valence electrons. The van der Waals surface area contributed by atoms with Crippen LogP contribution in [0.3, 0.4) is 0 Å². The van der Waals surface area contributed by atoms with Crippen molar-refractivity contribution in [1.82, 2.24) is 0 Å². The fourth-order valence-corrected chi connectivity index (χ4v) is 9.06. The Kier molecular flexibility index (Phi) is 6.80. The molecule has 31 heavy (non-hydrogen) atoms. The maximum absolute atomic E-state index is 14.7. The van der Waals surface area contributed by atoms with Crippen molar-refractivity contribution in [2.75, 3.05) is 0 Å². The third kappa shape index (κ3) is 4.50. The van der Waals surface area contributed by atoms with Gasteiger partial charge in [0.1, 0.15) is 0 Å². The molecule has 1 aliphatic carbocycles. The second-order valence-electron chi connectivity index (χ2n) is 7.83. The Bertz CT molecular complexity index is 945. The van der Waals surface area contributed by atoms with E-state index in [1.165, 1.54) is 18.2 Å². The lowest BCUT2D eigenvalue weighted by Crippen LogP contribution is -2.33. The molecular weight excluding hydrogens is 466 g/mol. The second-order valence-corrected chi connectivity index (χ2v) is 12.2. The minimum Gasteiger partial charge on any atom is -0.196 e. The summed E-state index contributed by atoms with van der Waals surface area (Å²) >= 11 is 0. The number of hydrogen-bond donors (Lipinski definition) is 0. The van der Waals surface area contributed by atoms with Crippen LogP contribution in [-0.4, -0.2) is 19.4 Å². The molecule has 2 aliphatic rings. The zero-order valence-electron chi connectivity index (χ0n) is 16.9. The third-order valence-electron chi connectivity index (χ3n) is 5.61. The summed E-state index contributed by atoms with van der Waals surface area (Å²) in [5.74, 6) is -0.690. The first-order valence-corrected chi connectivity index (χ1v) is 13.1. The summed E-state index contributed by atoms with van der Waals surface area (Å²) < 4.78 is 112. The molecule has 1 aliphatic heterocycles. The van der Waals surface area contributed by atoms with Crippen molar-refractivity contribution >= 4 is 26.5 Å². The van der Waals surface area contributed by atoms with Gasteiger partial charge in [0.25, 0.3) is 0 Å². The van der Waals surface area contributed by atoms with E-state index in [2.05, 4.69) is 3.63 Å². The molecule has 0 aromatic heterocycles. The van der Waals surface area contributed by atoms with Crippen LogP contribution in [0.5, 0.6) is 0 Å². The Morgan fingerprint density at radius 1 is 1.03 bits per heavy atom. The van der Waals surface area contributed by atoms with Crippen LogP contribution < -0.4 is 0 Å². The van der Waals surface area contributed by atoms with Crippen LogP contribution in [0.15, 0.2) is 28.0 Å². The topological polar surface area (TPSA) is 43.4 Å². The molecule has 1 heterocycles. The number of allylic oxidation sites excluding steroid dienone is 1. The van der Waals surface area contributed by atoms with E-state index in [-0.39, 0.29) is 10.5 Å². The molecule has 1 unspecified atom stereocenters. The first kappa shape index (κ1) is 24.4. The Labute approximate surface area is 179 Å². The summed E-state index contributed by atoms with van der Waals surface area (Å²) in [5.41, 5.74) is -10.7. The van der Waals surface area contributed by atoms with Crippen LogP contribution >= 0.6 is 10.3 Å². The van der Waals surface area contributed by atoms with Crippen LogP contribution in [0.25, 0.3) is 6.08 Å². The van der Waals surface area contributed by atoms with Gasteiger partial charge in [-0.05, 0) is 48.4 Å². The average Bonchev–Trinajstić information content (AvgIpc) is 2.81. The van der Waals surface area contributed by atoms with Crippen molar-refractivity contribution in [3.05, 3.63) is 34.2 Å². The van der Waals surface area contributed by atoms with E-state index in [1.807, 2.05) is 6.92 Å². The molecule has 0 spiro atoms. The summed E-state index contributed by atoms with van der Waals surface area (Å²) in [7, 11) is -11.4. The van der Waals surface area contributed by atoms with Gasteiger partial charge >= 0.3 is 21.1 Å². The van der Waals surface area contributed by atoms with Crippen LogP contribution in [0, 0.1) is 5.92 Å². The molecule has 11 heteroatoms. The lowest BCUT2D eigenvalue weighted by atomic mass is 9.98. The SMILES string of the molecule is CCCc1ccc2c(c1)S(OS(=O)(=O)C(F)(F)F)(C(F)(F)F)C(C1CCCCCC1)=C2. The molecule has 1 atom stereocenters. The van der Waals surface area contributed by atoms with E-state index >= 15 is 0 Å². The first-order chi connectivity index (χ1) is 14.3. The fraction of sp³-hybridized carbons (Fsp3) is 0.600. The van der Waals surface area contributed by atoms with E-state index in [4.69, 9.17) is 0 Å². The molecule has 0 radical (unpaired) electrons. The van der Waals surface area contributed by atoms with E-state index in [0.717, 1.165) is 12.8 Å². The number of benzene rings is 1. The summed E-state index contributed by atoms with van der Waals surface area (Å²) in [4.78, 5) is -0.864. The maximum atomic E-state index is 14.7. The van der Waals surface area contributed by atoms with E-state index in [9.17, 15) is 34.8 Å². The number of halogens is 6. The number of aryl methyl sites for hydroxylation is 1. The average molecular weight is 491 g/mol. The number of alkyl halides is 6. The highest BCUT2D eigenvalue weighted by Gasteiger charge is 2.65. The Morgan fingerprint density at radius 2 is 1.65 bits per heavy atom. The van der Waals surface area contributed by atoms with Gasteiger partial charge in [0.05, 0.1) is 0 Å². The van der Waals surface area contributed by atoms with Gasteiger partial charge in [0.15, 0.2) is 0 Å². The normalized spacial score (nSPS) is 25.5. The highest BCUT2D eigenvalue weighted by atomic mass is 32.3. The molecule has 0 saturated heterocycles. The predicted molar refractivity (Wildman–Crippen MR) is 108 cm³/mol. The predicted octanol–water partition coefficient (Wildman–Crippen LogP) is 7.43. The lowest BCUT2D eigenvalue weighted by molar-refractivity contribution is -0.0547. The smallest absolute Gasteiger partial charge is 0.196 e. The van der Waals surface area contributed by atoms with Crippen molar-refractivity contribution in [3.63, 3.8) is 0 Å². The van der Waals surface area contributed by atoms with Crippen LogP contribution in [0.1, 0.15) is 63.0 Å². The molecule has 1 saturated carbocycles. The number of hydrogen-bond acceptors (Lipinski definition) is 3. The van der Waals surface area contributed by atoms with Gasteiger partial charge in [-0.1, -0.05) is 51.2 Å². The van der Waals surface area contributed by atoms with Gasteiger partial charge in [0.2, 0.25) is 0 Å². The van der Waals surface area contributed by atoms with Crippen molar-refractivity contribution in [3.8, 4) is 0 Å². The van der Waals surface area contributed by atoms with E-state index < -0.39 is 42.3 Å². The summed E-state index contributed by atoms with van der Waals surface area (Å²) in [5, 5.41) is 0. The number of rotatable bonds is 5. The van der Waals surface area contributed by atoms with E-state index in [1.54, 1.807) is 6.07 Å². The Balaban J connectivity index is 2.26. The van der Waals surface area contributed by atoms with E-state index in [0.29, 0.717) is 44.1 Å². The monoisotopic (exact) mass is 490 g/mol. The van der Waals surface area contributed by atoms with Crippen molar-refractivity contribution in [1.29, 1.82) is 0 Å². The highest BCUT2D eigenvalue weighted by Crippen LogP contribution is 2.80. The lowest BCUT2D eigenvalue weighted by Gasteiger charge is -2.41. The second kappa shape index (κ2) is 8.62. The molecule has 3 nitrogen and oxygen atoms in total. The van der Waals surface area contributed by atoms with Gasteiger partial charge < -0.3 is 0 Å². The van der Waals surface area contributed by atoms with Crippen molar-refractivity contribution in [2.24, 2.45) is 5.92 Å². The molecule has 1 fully saturated rings. The molecule has 1 aromatic carbocycles. The maximum Gasteiger partial charge on any atom is 0.523 e. The van der Waals surface area contributed by atoms with Gasteiger partial charge in [-0.15, -0.1) is 0 Å². The molecule has 3 rings (SSSR count). The first-order valence-electron chi connectivity index (χ1n) is 10.1. The molecule has 0 amide bonds. The zero-order valence-corrected chi connectivity index (χ0v) is 18.5. The van der Waals surface area contributed by atoms with Crippen LogP contribution in [-0.2, 0) is 20.2 Å². The molecule has 1 aromatic rings. The Hall–Kier alpha value is -1.20. The van der Waals surface area contributed by atoms with Gasteiger partial charge in [-0.3, -0.25) is 0 Å². The minimum atomic E-state index is -6.50. The highest BCUT2D eigenvalue weighted by molar-refractivity contribution is 8.37. The molecular formula is C20H24F6O3S2.